The van der Waals surface area contributed by atoms with Gasteiger partial charge in [0.25, 0.3) is 0 Å². The fraction of sp³-hybridized carbons (Fsp3) is 0.562. The van der Waals surface area contributed by atoms with Crippen LogP contribution in [0.3, 0.4) is 0 Å². The second kappa shape index (κ2) is 7.41. The minimum Gasteiger partial charge on any atom is -0.491 e. The van der Waals surface area contributed by atoms with Crippen molar-refractivity contribution in [2.45, 2.75) is 25.6 Å². The molecule has 3 unspecified atom stereocenters. The smallest absolute Gasteiger partial charge is 0.119 e. The molecule has 21 heavy (non-hydrogen) atoms. The molecule has 1 aliphatic rings. The van der Waals surface area contributed by atoms with Gasteiger partial charge in [-0.15, -0.1) is 0 Å². The first kappa shape index (κ1) is 15.8. The minimum atomic E-state index is -0.562. The van der Waals surface area contributed by atoms with Crippen LogP contribution in [0.15, 0.2) is 24.3 Å². The standard InChI is InChI=1S/C16H22N2O3/c1-12(19)14-6-7-18(9-14)10-15(20)11-21-16-4-2-13(8-17)3-5-16/h2-5,12,14-15,19-20H,6-7,9-11H2,1H3. The first-order valence-corrected chi connectivity index (χ1v) is 7.30. The van der Waals surface area contributed by atoms with Crippen molar-refractivity contribution in [2.75, 3.05) is 26.2 Å². The summed E-state index contributed by atoms with van der Waals surface area (Å²) in [6.07, 6.45) is 0.122. The minimum absolute atomic E-state index is 0.224. The van der Waals surface area contributed by atoms with Crippen molar-refractivity contribution < 1.29 is 14.9 Å². The van der Waals surface area contributed by atoms with Gasteiger partial charge in [-0.3, -0.25) is 0 Å². The van der Waals surface area contributed by atoms with Gasteiger partial charge < -0.3 is 19.8 Å². The number of nitrogens with zero attached hydrogens (tertiary/aromatic N) is 2. The number of hydrogen-bond donors (Lipinski definition) is 2. The summed E-state index contributed by atoms with van der Waals surface area (Å²) in [4.78, 5) is 2.16. The monoisotopic (exact) mass is 290 g/mol. The summed E-state index contributed by atoms with van der Waals surface area (Å²) in [5.74, 6) is 0.952. The first-order chi connectivity index (χ1) is 10.1. The third kappa shape index (κ3) is 4.71. The number of nitriles is 1. The number of ether oxygens (including phenoxy) is 1. The topological polar surface area (TPSA) is 76.7 Å². The third-order valence-electron chi connectivity index (χ3n) is 3.89. The van der Waals surface area contributed by atoms with Gasteiger partial charge in [-0.05, 0) is 50.1 Å². The number of β-amino-alcohol motifs (C(OH)–C–C–N with tert-alkyl or cyclic N) is 1. The number of rotatable bonds is 6. The van der Waals surface area contributed by atoms with E-state index in [1.165, 1.54) is 0 Å². The summed E-state index contributed by atoms with van der Waals surface area (Å²) in [5, 5.41) is 28.3. The molecule has 1 fully saturated rings. The lowest BCUT2D eigenvalue weighted by Gasteiger charge is -2.21. The molecule has 0 amide bonds. The molecule has 1 aromatic rings. The molecule has 1 aromatic carbocycles. The maximum atomic E-state index is 10.0. The highest BCUT2D eigenvalue weighted by atomic mass is 16.5. The van der Waals surface area contributed by atoms with E-state index in [4.69, 9.17) is 10.00 Å². The van der Waals surface area contributed by atoms with E-state index in [0.29, 0.717) is 23.8 Å². The molecule has 0 spiro atoms. The number of likely N-dealkylation sites (tertiary alicyclic amines) is 1. The average molecular weight is 290 g/mol. The Morgan fingerprint density at radius 2 is 2.10 bits per heavy atom. The second-order valence-electron chi connectivity index (χ2n) is 5.65. The van der Waals surface area contributed by atoms with Crippen LogP contribution in [0.1, 0.15) is 18.9 Å². The van der Waals surface area contributed by atoms with Crippen LogP contribution in [0.5, 0.6) is 5.75 Å². The molecule has 1 heterocycles. The third-order valence-corrected chi connectivity index (χ3v) is 3.89. The van der Waals surface area contributed by atoms with E-state index in [1.54, 1.807) is 24.3 Å². The number of benzene rings is 1. The summed E-state index contributed by atoms with van der Waals surface area (Å²) in [7, 11) is 0. The molecule has 114 valence electrons. The van der Waals surface area contributed by atoms with Crippen molar-refractivity contribution in [1.82, 2.24) is 4.90 Å². The molecule has 0 aliphatic carbocycles. The predicted molar refractivity (Wildman–Crippen MR) is 78.9 cm³/mol. The highest BCUT2D eigenvalue weighted by Gasteiger charge is 2.27. The van der Waals surface area contributed by atoms with E-state index in [-0.39, 0.29) is 12.7 Å². The zero-order valence-corrected chi connectivity index (χ0v) is 12.3. The zero-order valence-electron chi connectivity index (χ0n) is 12.3. The molecular weight excluding hydrogens is 268 g/mol. The van der Waals surface area contributed by atoms with Gasteiger partial charge in [0.15, 0.2) is 0 Å². The average Bonchev–Trinajstić information content (AvgIpc) is 2.94. The van der Waals surface area contributed by atoms with Crippen molar-refractivity contribution in [2.24, 2.45) is 5.92 Å². The van der Waals surface area contributed by atoms with Crippen molar-refractivity contribution in [3.05, 3.63) is 29.8 Å². The maximum absolute atomic E-state index is 10.0. The Bertz CT molecular complexity index is 481. The highest BCUT2D eigenvalue weighted by molar-refractivity contribution is 5.34. The van der Waals surface area contributed by atoms with Crippen molar-refractivity contribution in [3.8, 4) is 11.8 Å². The Morgan fingerprint density at radius 1 is 1.38 bits per heavy atom. The first-order valence-electron chi connectivity index (χ1n) is 7.30. The Kier molecular flexibility index (Phi) is 5.57. The summed E-state index contributed by atoms with van der Waals surface area (Å²) in [6.45, 7) is 4.33. The summed E-state index contributed by atoms with van der Waals surface area (Å²) in [5.41, 5.74) is 0.587. The SMILES string of the molecule is CC(O)C1CCN(CC(O)COc2ccc(C#N)cc2)C1. The molecule has 0 bridgehead atoms. The number of aliphatic hydroxyl groups is 2. The Morgan fingerprint density at radius 3 is 2.67 bits per heavy atom. The lowest BCUT2D eigenvalue weighted by Crippen LogP contribution is -2.35. The number of aliphatic hydroxyl groups excluding tert-OH is 2. The van der Waals surface area contributed by atoms with Crippen LogP contribution >= 0.6 is 0 Å². The fourth-order valence-corrected chi connectivity index (χ4v) is 2.59. The molecule has 2 N–H and O–H groups in total. The lowest BCUT2D eigenvalue weighted by molar-refractivity contribution is 0.0696. The summed E-state index contributed by atoms with van der Waals surface area (Å²) in [6, 6.07) is 8.88. The molecule has 5 nitrogen and oxygen atoms in total. The largest absolute Gasteiger partial charge is 0.491 e. The van der Waals surface area contributed by atoms with Crippen molar-refractivity contribution in [1.29, 1.82) is 5.26 Å². The molecule has 0 aromatic heterocycles. The van der Waals surface area contributed by atoms with Gasteiger partial charge >= 0.3 is 0 Å². The van der Waals surface area contributed by atoms with Gasteiger partial charge in [0.2, 0.25) is 0 Å². The summed E-state index contributed by atoms with van der Waals surface area (Å²) >= 11 is 0. The molecule has 0 radical (unpaired) electrons. The maximum Gasteiger partial charge on any atom is 0.119 e. The molecule has 5 heteroatoms. The molecule has 0 saturated carbocycles. The molecule has 1 aliphatic heterocycles. The van der Waals surface area contributed by atoms with E-state index in [9.17, 15) is 10.2 Å². The second-order valence-corrected chi connectivity index (χ2v) is 5.65. The van der Waals surface area contributed by atoms with E-state index >= 15 is 0 Å². The number of hydrogen-bond acceptors (Lipinski definition) is 5. The Balaban J connectivity index is 1.72. The van der Waals surface area contributed by atoms with Gasteiger partial charge in [-0.25, -0.2) is 0 Å². The van der Waals surface area contributed by atoms with Gasteiger partial charge in [0.1, 0.15) is 18.5 Å². The fourth-order valence-electron chi connectivity index (χ4n) is 2.59. The molecule has 2 rings (SSSR count). The summed E-state index contributed by atoms with van der Waals surface area (Å²) < 4.78 is 5.52. The molecule has 1 saturated heterocycles. The normalized spacial score (nSPS) is 21.7. The molecule has 3 atom stereocenters. The van der Waals surface area contributed by atoms with Crippen LogP contribution in [-0.2, 0) is 0 Å². The highest BCUT2D eigenvalue weighted by Crippen LogP contribution is 2.19. The van der Waals surface area contributed by atoms with E-state index in [0.717, 1.165) is 19.5 Å². The van der Waals surface area contributed by atoms with Gasteiger partial charge in [0.05, 0.1) is 17.7 Å². The van der Waals surface area contributed by atoms with Crippen molar-refractivity contribution in [3.63, 3.8) is 0 Å². The Hall–Kier alpha value is -1.61. The quantitative estimate of drug-likeness (QED) is 0.817. The Labute approximate surface area is 125 Å². The van der Waals surface area contributed by atoms with Crippen LogP contribution < -0.4 is 4.74 Å². The molecular formula is C16H22N2O3. The van der Waals surface area contributed by atoms with Crippen LogP contribution in [0, 0.1) is 17.2 Å². The lowest BCUT2D eigenvalue weighted by atomic mass is 10.0. The van der Waals surface area contributed by atoms with Crippen LogP contribution in [-0.4, -0.2) is 53.6 Å². The zero-order chi connectivity index (χ0) is 15.2. The van der Waals surface area contributed by atoms with Gasteiger partial charge in [0, 0.05) is 13.1 Å². The van der Waals surface area contributed by atoms with Crippen LogP contribution in [0.4, 0.5) is 0 Å². The predicted octanol–water partition coefficient (Wildman–Crippen LogP) is 1.00. The van der Waals surface area contributed by atoms with Crippen LogP contribution in [0.25, 0.3) is 0 Å². The van der Waals surface area contributed by atoms with Gasteiger partial charge in [-0.1, -0.05) is 0 Å². The van der Waals surface area contributed by atoms with Crippen molar-refractivity contribution >= 4 is 0 Å². The van der Waals surface area contributed by atoms with Gasteiger partial charge in [-0.2, -0.15) is 5.26 Å². The van der Waals surface area contributed by atoms with Crippen LogP contribution in [0.2, 0.25) is 0 Å². The van der Waals surface area contributed by atoms with E-state index in [2.05, 4.69) is 4.90 Å². The van der Waals surface area contributed by atoms with E-state index < -0.39 is 6.10 Å². The van der Waals surface area contributed by atoms with E-state index in [1.807, 2.05) is 13.0 Å².